The van der Waals surface area contributed by atoms with E-state index >= 15 is 0 Å². The van der Waals surface area contributed by atoms with Gasteiger partial charge in [0.15, 0.2) is 0 Å². The number of carboxylic acids is 1. The highest BCUT2D eigenvalue weighted by Gasteiger charge is 2.24. The average Bonchev–Trinajstić information content (AvgIpc) is 2.52. The number of aryl methyl sites for hydroxylation is 1. The summed E-state index contributed by atoms with van der Waals surface area (Å²) in [6.45, 7) is 1.73. The predicted molar refractivity (Wildman–Crippen MR) is 55.9 cm³/mol. The lowest BCUT2D eigenvalue weighted by Crippen LogP contribution is -2.06. The zero-order valence-corrected chi connectivity index (χ0v) is 9.08. The largest absolute Gasteiger partial charge is 0.478 e. The van der Waals surface area contributed by atoms with E-state index in [4.69, 9.17) is 16.7 Å². The molecule has 2 rings (SSSR count). The van der Waals surface area contributed by atoms with Crippen molar-refractivity contribution in [1.82, 2.24) is 4.98 Å². The van der Waals surface area contributed by atoms with E-state index in [1.54, 1.807) is 18.7 Å². The molecular weight excluding hydrogens is 222 g/mol. The van der Waals surface area contributed by atoms with E-state index in [0.29, 0.717) is 11.4 Å². The molecule has 1 aromatic heterocycles. The van der Waals surface area contributed by atoms with Crippen LogP contribution in [0, 0.1) is 6.92 Å². The number of nitrogens with zero attached hydrogens (tertiary/aromatic N) is 1. The smallest absolute Gasteiger partial charge is 0.337 e. The van der Waals surface area contributed by atoms with Gasteiger partial charge in [0.2, 0.25) is 0 Å². The van der Waals surface area contributed by atoms with Gasteiger partial charge in [0.25, 0.3) is 0 Å². The van der Waals surface area contributed by atoms with Crippen molar-refractivity contribution in [2.75, 3.05) is 0 Å². The third kappa shape index (κ3) is 1.38. The molecule has 0 spiro atoms. The average molecular weight is 230 g/mol. The molecule has 1 N–H and O–H groups in total. The van der Waals surface area contributed by atoms with E-state index < -0.39 is 5.97 Å². The van der Waals surface area contributed by atoms with Crippen LogP contribution in [0.4, 0.5) is 0 Å². The number of aromatic nitrogens is 1. The van der Waals surface area contributed by atoms with Crippen molar-refractivity contribution >= 4 is 29.3 Å². The highest BCUT2D eigenvalue weighted by Crippen LogP contribution is 2.35. The molecule has 0 aliphatic carbocycles. The third-order valence-corrected chi connectivity index (χ3v) is 3.62. The number of rotatable bonds is 1. The summed E-state index contributed by atoms with van der Waals surface area (Å²) in [4.78, 5) is 15.3. The molecule has 0 atom stereocenters. The summed E-state index contributed by atoms with van der Waals surface area (Å²) in [5.74, 6) is 0.525. The fraction of sp³-hybridized carbons (Fsp3) is 0.333. The highest BCUT2D eigenvalue weighted by molar-refractivity contribution is 7.98. The number of fused-ring (bicyclic) bond motifs is 1. The molecule has 5 heteroatoms. The first-order valence-electron chi connectivity index (χ1n) is 4.10. The second kappa shape index (κ2) is 3.44. The van der Waals surface area contributed by atoms with Crippen molar-refractivity contribution in [3.8, 4) is 0 Å². The Morgan fingerprint density at radius 1 is 1.57 bits per heavy atom. The maximum Gasteiger partial charge on any atom is 0.337 e. The van der Waals surface area contributed by atoms with Crippen molar-refractivity contribution in [1.29, 1.82) is 0 Å². The van der Waals surface area contributed by atoms with Gasteiger partial charge in [-0.15, -0.1) is 0 Å². The van der Waals surface area contributed by atoms with Crippen molar-refractivity contribution in [3.63, 3.8) is 0 Å². The van der Waals surface area contributed by atoms with Gasteiger partial charge in [-0.1, -0.05) is 11.6 Å². The molecule has 1 aliphatic rings. The normalized spacial score (nSPS) is 14.1. The van der Waals surface area contributed by atoms with Crippen LogP contribution in [0.3, 0.4) is 0 Å². The van der Waals surface area contributed by atoms with E-state index in [2.05, 4.69) is 4.98 Å². The monoisotopic (exact) mass is 229 g/mol. The van der Waals surface area contributed by atoms with Crippen LogP contribution in [-0.2, 0) is 11.5 Å². The number of hydrogen-bond donors (Lipinski definition) is 1. The predicted octanol–water partition coefficient (Wildman–Crippen LogP) is 2.49. The van der Waals surface area contributed by atoms with Crippen molar-refractivity contribution in [2.45, 2.75) is 18.4 Å². The molecule has 0 radical (unpaired) electrons. The third-order valence-electron chi connectivity index (χ3n) is 2.19. The van der Waals surface area contributed by atoms with Crippen LogP contribution in [0.25, 0.3) is 0 Å². The minimum Gasteiger partial charge on any atom is -0.478 e. The van der Waals surface area contributed by atoms with E-state index in [1.165, 1.54) is 0 Å². The first-order chi connectivity index (χ1) is 6.61. The summed E-state index contributed by atoms with van der Waals surface area (Å²) in [5, 5.41) is 9.31. The summed E-state index contributed by atoms with van der Waals surface area (Å²) < 4.78 is 0. The summed E-state index contributed by atoms with van der Waals surface area (Å²) in [6.07, 6.45) is 0. The molecule has 0 fully saturated rings. The maximum absolute atomic E-state index is 11.0. The molecule has 0 saturated carbocycles. The van der Waals surface area contributed by atoms with Crippen LogP contribution >= 0.6 is 23.4 Å². The Hall–Kier alpha value is -0.740. The Labute approximate surface area is 90.5 Å². The van der Waals surface area contributed by atoms with Gasteiger partial charge < -0.3 is 5.11 Å². The standard InChI is InChI=1S/C9H8ClNO2S/c1-4-8(10)7(9(12)13)5-2-14-3-6(5)11-4/h2-3H2,1H3,(H,12,13). The molecule has 0 aromatic carbocycles. The number of thioether (sulfide) groups is 1. The number of carboxylic acid groups (broad SMARTS) is 1. The van der Waals surface area contributed by atoms with Crippen molar-refractivity contribution < 1.29 is 9.90 Å². The van der Waals surface area contributed by atoms with Gasteiger partial charge in [0.1, 0.15) is 0 Å². The number of hydrogen-bond acceptors (Lipinski definition) is 3. The number of aromatic carboxylic acids is 1. The number of halogens is 1. The zero-order chi connectivity index (χ0) is 10.3. The highest BCUT2D eigenvalue weighted by atomic mass is 35.5. The first-order valence-corrected chi connectivity index (χ1v) is 5.63. The van der Waals surface area contributed by atoms with Gasteiger partial charge in [-0.25, -0.2) is 4.79 Å². The van der Waals surface area contributed by atoms with Crippen LogP contribution in [-0.4, -0.2) is 16.1 Å². The van der Waals surface area contributed by atoms with Crippen LogP contribution < -0.4 is 0 Å². The van der Waals surface area contributed by atoms with E-state index in [0.717, 1.165) is 17.0 Å². The number of carbonyl (C=O) groups is 1. The summed E-state index contributed by atoms with van der Waals surface area (Å²) >= 11 is 7.59. The summed E-state index contributed by atoms with van der Waals surface area (Å²) in [5.41, 5.74) is 2.50. The van der Waals surface area contributed by atoms with Gasteiger partial charge in [-0.2, -0.15) is 11.8 Å². The number of pyridine rings is 1. The SMILES string of the molecule is Cc1nc2c(c(C(=O)O)c1Cl)CSC2. The van der Waals surface area contributed by atoms with Gasteiger partial charge in [-0.05, 0) is 6.92 Å². The molecule has 2 heterocycles. The lowest BCUT2D eigenvalue weighted by molar-refractivity contribution is 0.0696. The van der Waals surface area contributed by atoms with E-state index in [-0.39, 0.29) is 10.6 Å². The zero-order valence-electron chi connectivity index (χ0n) is 7.50. The molecule has 74 valence electrons. The Kier molecular flexibility index (Phi) is 2.41. The molecule has 0 saturated heterocycles. The van der Waals surface area contributed by atoms with E-state index in [9.17, 15) is 4.79 Å². The van der Waals surface area contributed by atoms with E-state index in [1.807, 2.05) is 0 Å². The quantitative estimate of drug-likeness (QED) is 0.804. The van der Waals surface area contributed by atoms with Crippen molar-refractivity contribution in [3.05, 3.63) is 27.5 Å². The Morgan fingerprint density at radius 2 is 2.29 bits per heavy atom. The Morgan fingerprint density at radius 3 is 2.93 bits per heavy atom. The van der Waals surface area contributed by atoms with Crippen LogP contribution in [0.2, 0.25) is 5.02 Å². The maximum atomic E-state index is 11.0. The second-order valence-corrected chi connectivity index (χ2v) is 4.47. The van der Waals surface area contributed by atoms with Gasteiger partial charge in [-0.3, -0.25) is 4.98 Å². The summed E-state index contributed by atoms with van der Waals surface area (Å²) in [6, 6.07) is 0. The summed E-state index contributed by atoms with van der Waals surface area (Å²) in [7, 11) is 0. The molecule has 14 heavy (non-hydrogen) atoms. The van der Waals surface area contributed by atoms with Gasteiger partial charge >= 0.3 is 5.97 Å². The first kappa shape index (κ1) is 9.80. The Bertz CT molecular complexity index is 420. The fourth-order valence-corrected chi connectivity index (χ4v) is 2.81. The lowest BCUT2D eigenvalue weighted by atomic mass is 10.1. The minimum absolute atomic E-state index is 0.235. The topological polar surface area (TPSA) is 50.2 Å². The van der Waals surface area contributed by atoms with Crippen LogP contribution in [0.15, 0.2) is 0 Å². The lowest BCUT2D eigenvalue weighted by Gasteiger charge is -2.07. The molecule has 0 amide bonds. The molecule has 1 aliphatic heterocycles. The minimum atomic E-state index is -0.959. The van der Waals surface area contributed by atoms with Gasteiger partial charge in [0, 0.05) is 17.1 Å². The Balaban J connectivity index is 2.72. The molecule has 1 aromatic rings. The van der Waals surface area contributed by atoms with Crippen LogP contribution in [0.5, 0.6) is 0 Å². The molecule has 0 unspecified atom stereocenters. The second-order valence-electron chi connectivity index (χ2n) is 3.11. The van der Waals surface area contributed by atoms with Crippen LogP contribution in [0.1, 0.15) is 27.3 Å². The molecular formula is C9H8ClNO2S. The molecule has 3 nitrogen and oxygen atoms in total. The van der Waals surface area contributed by atoms with Crippen molar-refractivity contribution in [2.24, 2.45) is 0 Å². The molecule has 0 bridgehead atoms. The van der Waals surface area contributed by atoms with Gasteiger partial charge in [0.05, 0.1) is 22.0 Å². The fourth-order valence-electron chi connectivity index (χ4n) is 1.52.